The van der Waals surface area contributed by atoms with Gasteiger partial charge in [-0.05, 0) is 23.1 Å². The van der Waals surface area contributed by atoms with Crippen LogP contribution in [0.25, 0.3) is 6.08 Å². The molecule has 4 heteroatoms. The molecule has 0 spiro atoms. The minimum absolute atomic E-state index is 0.0208. The molecule has 1 saturated heterocycles. The van der Waals surface area contributed by atoms with Gasteiger partial charge < -0.3 is 9.47 Å². The highest BCUT2D eigenvalue weighted by Gasteiger charge is 2.38. The molecule has 2 heterocycles. The van der Waals surface area contributed by atoms with Crippen LogP contribution in [0.4, 0.5) is 4.79 Å². The maximum atomic E-state index is 12.7. The molecule has 2 atom stereocenters. The highest BCUT2D eigenvalue weighted by Crippen LogP contribution is 2.29. The number of allylic oxidation sites excluding steroid dienone is 1. The first kappa shape index (κ1) is 17.6. The number of carbonyl (C=O) groups excluding carboxylic acids is 1. The smallest absolute Gasteiger partial charge is 0.411 e. The topological polar surface area (TPSA) is 38.8 Å². The van der Waals surface area contributed by atoms with Crippen molar-refractivity contribution >= 4 is 12.2 Å². The Kier molecular flexibility index (Phi) is 5.35. The molecule has 2 unspecified atom stereocenters. The van der Waals surface area contributed by atoms with Crippen LogP contribution in [-0.2, 0) is 16.1 Å². The first-order chi connectivity index (χ1) is 13.3. The molecule has 0 N–H and O–H groups in total. The van der Waals surface area contributed by atoms with E-state index in [9.17, 15) is 4.79 Å². The third-order valence-corrected chi connectivity index (χ3v) is 4.93. The third kappa shape index (κ3) is 4.29. The van der Waals surface area contributed by atoms with Gasteiger partial charge in [0.25, 0.3) is 0 Å². The largest absolute Gasteiger partial charge is 0.445 e. The maximum Gasteiger partial charge on any atom is 0.411 e. The monoisotopic (exact) mass is 361 g/mol. The summed E-state index contributed by atoms with van der Waals surface area (Å²) in [5, 5.41) is 0. The van der Waals surface area contributed by atoms with Crippen LogP contribution >= 0.6 is 0 Å². The molecule has 1 amide bonds. The summed E-state index contributed by atoms with van der Waals surface area (Å²) in [7, 11) is 0. The van der Waals surface area contributed by atoms with Crippen molar-refractivity contribution in [2.75, 3.05) is 13.2 Å². The molecule has 2 aromatic carbocycles. The van der Waals surface area contributed by atoms with Crippen molar-refractivity contribution in [2.24, 2.45) is 0 Å². The van der Waals surface area contributed by atoms with Crippen molar-refractivity contribution in [1.82, 2.24) is 4.90 Å². The molecule has 2 bridgehead atoms. The number of morpholine rings is 1. The van der Waals surface area contributed by atoms with Gasteiger partial charge in [0, 0.05) is 0 Å². The first-order valence-corrected chi connectivity index (χ1v) is 9.30. The number of hydrogen-bond acceptors (Lipinski definition) is 3. The van der Waals surface area contributed by atoms with Crippen molar-refractivity contribution in [2.45, 2.75) is 25.1 Å². The second-order valence-corrected chi connectivity index (χ2v) is 6.90. The number of hydrogen-bond donors (Lipinski definition) is 0. The lowest BCUT2D eigenvalue weighted by atomic mass is 9.94. The second kappa shape index (κ2) is 8.23. The minimum Gasteiger partial charge on any atom is -0.445 e. The summed E-state index contributed by atoms with van der Waals surface area (Å²) in [4.78, 5) is 14.5. The summed E-state index contributed by atoms with van der Waals surface area (Å²) >= 11 is 0. The Morgan fingerprint density at radius 2 is 1.78 bits per heavy atom. The van der Waals surface area contributed by atoms with E-state index in [2.05, 4.69) is 30.4 Å². The molecular formula is C23H23NO3. The first-order valence-electron chi connectivity index (χ1n) is 9.30. The van der Waals surface area contributed by atoms with Gasteiger partial charge in [0.05, 0.1) is 25.3 Å². The molecule has 0 aliphatic carbocycles. The van der Waals surface area contributed by atoms with Crippen LogP contribution in [0.1, 0.15) is 17.5 Å². The molecule has 4 nitrogen and oxygen atoms in total. The van der Waals surface area contributed by atoms with Crippen LogP contribution < -0.4 is 0 Å². The second-order valence-electron chi connectivity index (χ2n) is 6.90. The van der Waals surface area contributed by atoms with Crippen molar-refractivity contribution in [3.05, 3.63) is 89.5 Å². The standard InChI is InChI=1S/C23H23NO3/c25-23(27-15-19-9-5-2-6-10-19)24-21-13-20(14-22(24)17-26-16-21)12-11-18-7-3-1-4-8-18/h1-13,21-22H,14-17H2/b12-11+. The highest BCUT2D eigenvalue weighted by atomic mass is 16.6. The predicted octanol–water partition coefficient (Wildman–Crippen LogP) is 4.44. The van der Waals surface area contributed by atoms with Crippen molar-refractivity contribution in [3.8, 4) is 0 Å². The van der Waals surface area contributed by atoms with E-state index in [1.807, 2.05) is 53.4 Å². The van der Waals surface area contributed by atoms with Gasteiger partial charge in [-0.15, -0.1) is 0 Å². The molecule has 0 aromatic heterocycles. The van der Waals surface area contributed by atoms with Gasteiger partial charge in [-0.3, -0.25) is 4.90 Å². The molecule has 2 aliphatic rings. The SMILES string of the molecule is O=C(OCc1ccccc1)N1C2C=C(/C=C/c3ccccc3)CC1COC2. The number of benzene rings is 2. The Balaban J connectivity index is 1.43. The summed E-state index contributed by atoms with van der Waals surface area (Å²) < 4.78 is 11.2. The predicted molar refractivity (Wildman–Crippen MR) is 105 cm³/mol. The van der Waals surface area contributed by atoms with E-state index in [4.69, 9.17) is 9.47 Å². The maximum absolute atomic E-state index is 12.7. The summed E-state index contributed by atoms with van der Waals surface area (Å²) in [6.45, 7) is 1.36. The molecular weight excluding hydrogens is 338 g/mol. The van der Waals surface area contributed by atoms with E-state index in [0.29, 0.717) is 19.8 Å². The molecule has 2 aromatic rings. The Bertz CT molecular complexity index is 829. The average molecular weight is 361 g/mol. The van der Waals surface area contributed by atoms with Gasteiger partial charge in [0.15, 0.2) is 0 Å². The van der Waals surface area contributed by atoms with E-state index in [1.54, 1.807) is 0 Å². The van der Waals surface area contributed by atoms with Crippen molar-refractivity contribution in [1.29, 1.82) is 0 Å². The summed E-state index contributed by atoms with van der Waals surface area (Å²) in [6, 6.07) is 19.9. The lowest BCUT2D eigenvalue weighted by Crippen LogP contribution is -2.56. The fourth-order valence-corrected chi connectivity index (χ4v) is 3.60. The van der Waals surface area contributed by atoms with Gasteiger partial charge in [-0.25, -0.2) is 4.79 Å². The van der Waals surface area contributed by atoms with Crippen molar-refractivity contribution < 1.29 is 14.3 Å². The van der Waals surface area contributed by atoms with Gasteiger partial charge in [-0.1, -0.05) is 78.9 Å². The number of ether oxygens (including phenoxy) is 2. The summed E-state index contributed by atoms with van der Waals surface area (Å²) in [6.07, 6.45) is 6.90. The van der Waals surface area contributed by atoms with Crippen LogP contribution in [0.5, 0.6) is 0 Å². The van der Waals surface area contributed by atoms with Gasteiger partial charge in [0.2, 0.25) is 0 Å². The number of carbonyl (C=O) groups is 1. The Morgan fingerprint density at radius 3 is 2.52 bits per heavy atom. The Morgan fingerprint density at radius 1 is 1.04 bits per heavy atom. The zero-order valence-corrected chi connectivity index (χ0v) is 15.2. The minimum atomic E-state index is -0.264. The van der Waals surface area contributed by atoms with E-state index in [1.165, 1.54) is 11.1 Å². The van der Waals surface area contributed by atoms with E-state index in [0.717, 1.165) is 12.0 Å². The fourth-order valence-electron chi connectivity index (χ4n) is 3.60. The molecule has 1 fully saturated rings. The van der Waals surface area contributed by atoms with Gasteiger partial charge in [0.1, 0.15) is 6.61 Å². The molecule has 0 saturated carbocycles. The Labute approximate surface area is 159 Å². The molecule has 138 valence electrons. The molecule has 0 radical (unpaired) electrons. The lowest BCUT2D eigenvalue weighted by molar-refractivity contribution is -0.0367. The highest BCUT2D eigenvalue weighted by molar-refractivity contribution is 5.70. The van der Waals surface area contributed by atoms with Crippen LogP contribution in [0, 0.1) is 0 Å². The number of rotatable bonds is 4. The zero-order valence-electron chi connectivity index (χ0n) is 15.2. The average Bonchev–Trinajstić information content (AvgIpc) is 2.71. The molecule has 2 aliphatic heterocycles. The van der Waals surface area contributed by atoms with E-state index in [-0.39, 0.29) is 18.2 Å². The van der Waals surface area contributed by atoms with Gasteiger partial charge >= 0.3 is 6.09 Å². The van der Waals surface area contributed by atoms with Crippen LogP contribution in [-0.4, -0.2) is 36.3 Å². The van der Waals surface area contributed by atoms with Gasteiger partial charge in [-0.2, -0.15) is 0 Å². The summed E-state index contributed by atoms with van der Waals surface area (Å²) in [5.41, 5.74) is 3.40. The normalized spacial score (nSPS) is 21.8. The third-order valence-electron chi connectivity index (χ3n) is 4.93. The zero-order chi connectivity index (χ0) is 18.5. The van der Waals surface area contributed by atoms with Crippen molar-refractivity contribution in [3.63, 3.8) is 0 Å². The molecule has 27 heavy (non-hydrogen) atoms. The van der Waals surface area contributed by atoms with Crippen LogP contribution in [0.15, 0.2) is 78.4 Å². The number of nitrogens with zero attached hydrogens (tertiary/aromatic N) is 1. The Hall–Kier alpha value is -2.85. The molecule has 4 rings (SSSR count). The quantitative estimate of drug-likeness (QED) is 0.808. The lowest BCUT2D eigenvalue weighted by Gasteiger charge is -2.43. The fraction of sp³-hybridized carbons (Fsp3) is 0.261. The van der Waals surface area contributed by atoms with E-state index < -0.39 is 0 Å². The summed E-state index contributed by atoms with van der Waals surface area (Å²) in [5.74, 6) is 0. The van der Waals surface area contributed by atoms with Crippen LogP contribution in [0.2, 0.25) is 0 Å². The number of amides is 1. The van der Waals surface area contributed by atoms with E-state index >= 15 is 0 Å². The van der Waals surface area contributed by atoms with Crippen LogP contribution in [0.3, 0.4) is 0 Å². The number of fused-ring (bicyclic) bond motifs is 2.